The number of rotatable bonds is 6. The first-order valence-corrected chi connectivity index (χ1v) is 10.8. The number of nitrogens with one attached hydrogen (secondary N) is 1. The molecule has 152 valence electrons. The molecule has 3 aromatic rings. The zero-order chi connectivity index (χ0) is 20.2. The SMILES string of the molecule is Cc1ccc(-c2ccc3ccn(CC(=O)NC(C)CN4CCCCC4)c3c2)cc1. The molecule has 1 unspecified atom stereocenters. The Hall–Kier alpha value is -2.59. The summed E-state index contributed by atoms with van der Waals surface area (Å²) in [7, 11) is 0. The molecule has 1 amide bonds. The highest BCUT2D eigenvalue weighted by Gasteiger charge is 2.15. The Morgan fingerprint density at radius 1 is 1.00 bits per heavy atom. The van der Waals surface area contributed by atoms with Crippen molar-refractivity contribution in [1.82, 2.24) is 14.8 Å². The van der Waals surface area contributed by atoms with Gasteiger partial charge in [0.25, 0.3) is 0 Å². The van der Waals surface area contributed by atoms with Gasteiger partial charge < -0.3 is 14.8 Å². The van der Waals surface area contributed by atoms with Crippen LogP contribution in [-0.4, -0.2) is 41.1 Å². The molecular weight excluding hydrogens is 358 g/mol. The van der Waals surface area contributed by atoms with E-state index in [1.54, 1.807) is 0 Å². The molecule has 29 heavy (non-hydrogen) atoms. The van der Waals surface area contributed by atoms with Crippen LogP contribution in [0.2, 0.25) is 0 Å². The number of benzene rings is 2. The molecule has 1 fully saturated rings. The zero-order valence-corrected chi connectivity index (χ0v) is 17.5. The Labute approximate surface area is 173 Å². The number of nitrogens with zero attached hydrogens (tertiary/aromatic N) is 2. The number of likely N-dealkylation sites (tertiary alicyclic amines) is 1. The highest BCUT2D eigenvalue weighted by Crippen LogP contribution is 2.25. The summed E-state index contributed by atoms with van der Waals surface area (Å²) in [5.74, 6) is 0.0766. The van der Waals surface area contributed by atoms with Gasteiger partial charge >= 0.3 is 0 Å². The smallest absolute Gasteiger partial charge is 0.240 e. The minimum Gasteiger partial charge on any atom is -0.351 e. The Morgan fingerprint density at radius 2 is 1.72 bits per heavy atom. The van der Waals surface area contributed by atoms with Gasteiger partial charge in [0.1, 0.15) is 6.54 Å². The molecule has 1 aliphatic heterocycles. The second-order valence-corrected chi connectivity index (χ2v) is 8.41. The number of amides is 1. The van der Waals surface area contributed by atoms with E-state index in [-0.39, 0.29) is 11.9 Å². The first-order valence-electron chi connectivity index (χ1n) is 10.8. The van der Waals surface area contributed by atoms with Gasteiger partial charge in [0.15, 0.2) is 0 Å². The maximum atomic E-state index is 12.6. The van der Waals surface area contributed by atoms with E-state index in [1.165, 1.54) is 36.0 Å². The van der Waals surface area contributed by atoms with Crippen LogP contribution in [0.1, 0.15) is 31.7 Å². The van der Waals surface area contributed by atoms with E-state index in [0.717, 1.165) is 30.5 Å². The lowest BCUT2D eigenvalue weighted by Gasteiger charge is -2.29. The van der Waals surface area contributed by atoms with Gasteiger partial charge in [-0.1, -0.05) is 48.4 Å². The van der Waals surface area contributed by atoms with Crippen molar-refractivity contribution >= 4 is 16.8 Å². The maximum absolute atomic E-state index is 12.6. The summed E-state index contributed by atoms with van der Waals surface area (Å²) in [6, 6.07) is 17.3. The van der Waals surface area contributed by atoms with Gasteiger partial charge in [-0.25, -0.2) is 0 Å². The highest BCUT2D eigenvalue weighted by molar-refractivity contribution is 5.87. The number of carbonyl (C=O) groups is 1. The fourth-order valence-electron chi connectivity index (χ4n) is 4.30. The molecule has 1 atom stereocenters. The van der Waals surface area contributed by atoms with Gasteiger partial charge in [-0.2, -0.15) is 0 Å². The lowest BCUT2D eigenvalue weighted by Crippen LogP contribution is -2.44. The van der Waals surface area contributed by atoms with Crippen molar-refractivity contribution in [3.63, 3.8) is 0 Å². The Kier molecular flexibility index (Phi) is 6.00. The average molecular weight is 390 g/mol. The molecule has 1 aromatic heterocycles. The van der Waals surface area contributed by atoms with Gasteiger partial charge in [-0.3, -0.25) is 4.79 Å². The molecule has 0 aliphatic carbocycles. The van der Waals surface area contributed by atoms with Crippen LogP contribution in [-0.2, 0) is 11.3 Å². The average Bonchev–Trinajstić information content (AvgIpc) is 3.11. The predicted octanol–water partition coefficient (Wildman–Crippen LogP) is 4.61. The summed E-state index contributed by atoms with van der Waals surface area (Å²) in [4.78, 5) is 15.1. The van der Waals surface area contributed by atoms with Crippen molar-refractivity contribution < 1.29 is 4.79 Å². The van der Waals surface area contributed by atoms with Crippen molar-refractivity contribution in [1.29, 1.82) is 0 Å². The minimum absolute atomic E-state index is 0.0766. The summed E-state index contributed by atoms with van der Waals surface area (Å²) in [5.41, 5.74) is 4.73. The number of fused-ring (bicyclic) bond motifs is 1. The quantitative estimate of drug-likeness (QED) is 0.669. The van der Waals surface area contributed by atoms with Crippen LogP contribution in [0.4, 0.5) is 0 Å². The van der Waals surface area contributed by atoms with E-state index in [1.807, 2.05) is 6.20 Å². The molecule has 1 N–H and O–H groups in total. The number of hydrogen-bond acceptors (Lipinski definition) is 2. The summed E-state index contributed by atoms with van der Waals surface area (Å²) in [6.07, 6.45) is 5.90. The van der Waals surface area contributed by atoms with Gasteiger partial charge in [0.2, 0.25) is 5.91 Å². The van der Waals surface area contributed by atoms with Crippen molar-refractivity contribution in [3.8, 4) is 11.1 Å². The third kappa shape index (κ3) is 4.88. The number of piperidine rings is 1. The first-order chi connectivity index (χ1) is 14.1. The van der Waals surface area contributed by atoms with Gasteiger partial charge in [0, 0.05) is 24.3 Å². The van der Waals surface area contributed by atoms with Gasteiger partial charge in [-0.15, -0.1) is 0 Å². The lowest BCUT2D eigenvalue weighted by molar-refractivity contribution is -0.122. The Morgan fingerprint density at radius 3 is 2.48 bits per heavy atom. The third-order valence-electron chi connectivity index (χ3n) is 5.86. The standard InChI is InChI=1S/C25H31N3O/c1-19-6-8-21(9-7-19)23-11-10-22-12-15-28(24(22)16-23)18-25(29)26-20(2)17-27-13-4-3-5-14-27/h6-12,15-16,20H,3-5,13-14,17-18H2,1-2H3,(H,26,29). The van der Waals surface area contributed by atoms with Crippen molar-refractivity contribution in [3.05, 3.63) is 60.3 Å². The van der Waals surface area contributed by atoms with E-state index in [9.17, 15) is 4.79 Å². The molecule has 0 spiro atoms. The maximum Gasteiger partial charge on any atom is 0.240 e. The Bertz CT molecular complexity index is 967. The monoisotopic (exact) mass is 389 g/mol. The van der Waals surface area contributed by atoms with E-state index < -0.39 is 0 Å². The van der Waals surface area contributed by atoms with E-state index in [2.05, 4.69) is 77.2 Å². The van der Waals surface area contributed by atoms with E-state index in [0.29, 0.717) is 6.54 Å². The first kappa shape index (κ1) is 19.7. The fourth-order valence-corrected chi connectivity index (χ4v) is 4.30. The number of aromatic nitrogens is 1. The number of carbonyl (C=O) groups excluding carboxylic acids is 1. The molecule has 2 heterocycles. The summed E-state index contributed by atoms with van der Waals surface area (Å²) < 4.78 is 2.05. The molecule has 1 aliphatic rings. The molecule has 0 bridgehead atoms. The normalized spacial score (nSPS) is 16.1. The van der Waals surface area contributed by atoms with Crippen LogP contribution in [0.5, 0.6) is 0 Å². The largest absolute Gasteiger partial charge is 0.351 e. The molecule has 2 aromatic carbocycles. The summed E-state index contributed by atoms with van der Waals surface area (Å²) in [6.45, 7) is 7.81. The van der Waals surface area contributed by atoms with Crippen LogP contribution in [0.3, 0.4) is 0 Å². The fraction of sp³-hybridized carbons (Fsp3) is 0.400. The van der Waals surface area contributed by atoms with E-state index in [4.69, 9.17) is 0 Å². The van der Waals surface area contributed by atoms with Crippen LogP contribution < -0.4 is 5.32 Å². The topological polar surface area (TPSA) is 37.3 Å². The molecular formula is C25H31N3O. The molecule has 4 heteroatoms. The summed E-state index contributed by atoms with van der Waals surface area (Å²) in [5, 5.41) is 4.34. The van der Waals surface area contributed by atoms with Crippen LogP contribution in [0.25, 0.3) is 22.0 Å². The molecule has 4 rings (SSSR count). The molecule has 4 nitrogen and oxygen atoms in total. The second kappa shape index (κ2) is 8.83. The molecule has 0 saturated carbocycles. The Balaban J connectivity index is 1.43. The summed E-state index contributed by atoms with van der Waals surface area (Å²) >= 11 is 0. The molecule has 0 radical (unpaired) electrons. The second-order valence-electron chi connectivity index (χ2n) is 8.41. The van der Waals surface area contributed by atoms with E-state index >= 15 is 0 Å². The van der Waals surface area contributed by atoms with Crippen molar-refractivity contribution in [2.75, 3.05) is 19.6 Å². The van der Waals surface area contributed by atoms with Crippen LogP contribution >= 0.6 is 0 Å². The lowest BCUT2D eigenvalue weighted by atomic mass is 10.0. The molecule has 1 saturated heterocycles. The van der Waals surface area contributed by atoms with Crippen LogP contribution in [0, 0.1) is 6.92 Å². The van der Waals surface area contributed by atoms with Crippen molar-refractivity contribution in [2.45, 2.75) is 45.7 Å². The zero-order valence-electron chi connectivity index (χ0n) is 17.5. The van der Waals surface area contributed by atoms with Crippen LogP contribution in [0.15, 0.2) is 54.7 Å². The number of hydrogen-bond donors (Lipinski definition) is 1. The van der Waals surface area contributed by atoms with Gasteiger partial charge in [-0.05, 0) is 68.4 Å². The third-order valence-corrected chi connectivity index (χ3v) is 5.86. The highest BCUT2D eigenvalue weighted by atomic mass is 16.2. The minimum atomic E-state index is 0.0766. The number of aryl methyl sites for hydroxylation is 1. The van der Waals surface area contributed by atoms with Crippen molar-refractivity contribution in [2.24, 2.45) is 0 Å². The van der Waals surface area contributed by atoms with Gasteiger partial charge in [0.05, 0.1) is 0 Å². The predicted molar refractivity (Wildman–Crippen MR) is 120 cm³/mol.